The van der Waals surface area contributed by atoms with Crippen LogP contribution in [0.4, 0.5) is 0 Å². The molecule has 0 N–H and O–H groups in total. The Balaban J connectivity index is 0. The largest absolute Gasteiger partial charge is 0.462 e. The highest BCUT2D eigenvalue weighted by Crippen LogP contribution is 1.93. The molecule has 0 aromatic carbocycles. The molecule has 0 atom stereocenters. The molecule has 10 heteroatoms. The number of ether oxygens (including phenoxy) is 4. The summed E-state index contributed by atoms with van der Waals surface area (Å²) in [5.74, 6) is -2.87. The van der Waals surface area contributed by atoms with Crippen LogP contribution in [-0.2, 0) is 47.7 Å². The maximum Gasteiger partial charge on any atom is 0.333 e. The molecule has 0 aliphatic carbocycles. The van der Waals surface area contributed by atoms with E-state index >= 15 is 0 Å². The molecular formula is C19H26O10. The number of Topliss-reactive ketones (excluding diaryl/α,β-unsaturated/α-hetero) is 2. The highest BCUT2D eigenvalue weighted by Gasteiger charge is 2.07. The fourth-order valence-electron chi connectivity index (χ4n) is 1.28. The van der Waals surface area contributed by atoms with E-state index in [2.05, 4.69) is 32.1 Å². The summed E-state index contributed by atoms with van der Waals surface area (Å²) in [4.78, 5) is 63.9. The van der Waals surface area contributed by atoms with Gasteiger partial charge in [0.15, 0.2) is 0 Å². The van der Waals surface area contributed by atoms with Gasteiger partial charge in [0.05, 0.1) is 0 Å². The Bertz CT molecular complexity index is 633. The fraction of sp³-hybridized carbons (Fsp3) is 0.474. The summed E-state index contributed by atoms with van der Waals surface area (Å²) in [7, 11) is 0. The smallest absolute Gasteiger partial charge is 0.333 e. The van der Waals surface area contributed by atoms with Gasteiger partial charge < -0.3 is 18.9 Å². The predicted molar refractivity (Wildman–Crippen MR) is 99.4 cm³/mol. The summed E-state index contributed by atoms with van der Waals surface area (Å²) < 4.78 is 18.4. The average Bonchev–Trinajstić information content (AvgIpc) is 2.61. The van der Waals surface area contributed by atoms with Crippen molar-refractivity contribution in [3.8, 4) is 0 Å². The molecule has 0 fully saturated rings. The first-order valence-electron chi connectivity index (χ1n) is 8.41. The summed E-state index contributed by atoms with van der Waals surface area (Å²) in [5, 5.41) is 0. The van der Waals surface area contributed by atoms with E-state index in [1.54, 1.807) is 0 Å². The number of ketones is 2. The number of rotatable bonds is 12. The molecule has 0 aliphatic rings. The van der Waals surface area contributed by atoms with Crippen molar-refractivity contribution in [2.24, 2.45) is 0 Å². The third-order valence-electron chi connectivity index (χ3n) is 2.47. The molecule has 0 bridgehead atoms. The van der Waals surface area contributed by atoms with Crippen LogP contribution in [0.15, 0.2) is 24.8 Å². The van der Waals surface area contributed by atoms with Crippen LogP contribution >= 0.6 is 0 Å². The second kappa shape index (κ2) is 16.8. The van der Waals surface area contributed by atoms with Gasteiger partial charge in [0, 0.05) is 11.6 Å². The van der Waals surface area contributed by atoms with Gasteiger partial charge in [0.1, 0.15) is 50.8 Å². The number of hydrogen-bond donors (Lipinski definition) is 0. The summed E-state index contributed by atoms with van der Waals surface area (Å²) >= 11 is 0. The number of hydrogen-bond acceptors (Lipinski definition) is 10. The lowest BCUT2D eigenvalue weighted by Gasteiger charge is -2.05. The first-order chi connectivity index (χ1) is 13.5. The van der Waals surface area contributed by atoms with Crippen LogP contribution in [0.1, 0.15) is 33.6 Å². The molecule has 0 spiro atoms. The van der Waals surface area contributed by atoms with E-state index in [4.69, 9.17) is 0 Å². The van der Waals surface area contributed by atoms with Crippen LogP contribution in [0.2, 0.25) is 0 Å². The van der Waals surface area contributed by atoms with Gasteiger partial charge in [-0.05, 0) is 20.8 Å². The molecule has 162 valence electrons. The molecule has 10 nitrogen and oxygen atoms in total. The maximum atomic E-state index is 10.8. The van der Waals surface area contributed by atoms with Crippen LogP contribution in [-0.4, -0.2) is 61.9 Å². The number of esters is 4. The molecule has 0 aromatic rings. The Morgan fingerprint density at radius 3 is 1.41 bits per heavy atom. The zero-order valence-corrected chi connectivity index (χ0v) is 16.8. The second-order valence-corrected chi connectivity index (χ2v) is 5.49. The van der Waals surface area contributed by atoms with Crippen molar-refractivity contribution < 1.29 is 47.7 Å². The maximum absolute atomic E-state index is 10.8. The van der Waals surface area contributed by atoms with Gasteiger partial charge in [0.25, 0.3) is 0 Å². The molecule has 0 radical (unpaired) electrons. The number of carbonyl (C=O) groups excluding carboxylic acids is 6. The molecule has 0 unspecified atom stereocenters. The quantitative estimate of drug-likeness (QED) is 0.148. The van der Waals surface area contributed by atoms with Crippen molar-refractivity contribution >= 4 is 35.4 Å². The van der Waals surface area contributed by atoms with Crippen LogP contribution < -0.4 is 0 Å². The minimum atomic E-state index is -0.618. The van der Waals surface area contributed by atoms with E-state index in [9.17, 15) is 28.8 Å². The lowest BCUT2D eigenvalue weighted by Crippen LogP contribution is -2.15. The van der Waals surface area contributed by atoms with Gasteiger partial charge in [-0.2, -0.15) is 0 Å². The van der Waals surface area contributed by atoms with Crippen molar-refractivity contribution in [3.05, 3.63) is 24.8 Å². The Labute approximate surface area is 168 Å². The molecule has 0 rings (SSSR count). The predicted octanol–water partition coefficient (Wildman–Crippen LogP) is 0.866. The van der Waals surface area contributed by atoms with Gasteiger partial charge in [-0.15, -0.1) is 0 Å². The zero-order valence-electron chi connectivity index (χ0n) is 16.8. The fourth-order valence-corrected chi connectivity index (χ4v) is 1.28. The highest BCUT2D eigenvalue weighted by molar-refractivity contribution is 5.94. The van der Waals surface area contributed by atoms with Crippen LogP contribution in [0.25, 0.3) is 0 Å². The van der Waals surface area contributed by atoms with E-state index in [1.165, 1.54) is 20.8 Å². The summed E-state index contributed by atoms with van der Waals surface area (Å²) in [6.45, 7) is 10.5. The Morgan fingerprint density at radius 2 is 1.07 bits per heavy atom. The zero-order chi connectivity index (χ0) is 22.8. The molecular weight excluding hydrogens is 388 g/mol. The van der Waals surface area contributed by atoms with Crippen molar-refractivity contribution in [1.29, 1.82) is 0 Å². The van der Waals surface area contributed by atoms with Crippen LogP contribution in [0.5, 0.6) is 0 Å². The van der Waals surface area contributed by atoms with Gasteiger partial charge in [0.2, 0.25) is 0 Å². The topological polar surface area (TPSA) is 139 Å². The Morgan fingerprint density at radius 1 is 0.690 bits per heavy atom. The summed E-state index contributed by atoms with van der Waals surface area (Å²) in [5.41, 5.74) is 0.282. The Kier molecular flexibility index (Phi) is 16.2. The van der Waals surface area contributed by atoms with Crippen molar-refractivity contribution in [3.63, 3.8) is 0 Å². The molecule has 0 amide bonds. The van der Waals surface area contributed by atoms with Gasteiger partial charge >= 0.3 is 23.9 Å². The third kappa shape index (κ3) is 20.9. The van der Waals surface area contributed by atoms with Crippen molar-refractivity contribution in [2.45, 2.75) is 33.6 Å². The van der Waals surface area contributed by atoms with Crippen molar-refractivity contribution in [1.82, 2.24) is 0 Å². The lowest BCUT2D eigenvalue weighted by atomic mass is 10.3. The third-order valence-corrected chi connectivity index (χ3v) is 2.47. The first-order valence-corrected chi connectivity index (χ1v) is 8.41. The molecule has 0 aromatic heterocycles. The van der Waals surface area contributed by atoms with Gasteiger partial charge in [-0.25, -0.2) is 9.59 Å². The normalized spacial score (nSPS) is 9.07. The van der Waals surface area contributed by atoms with Gasteiger partial charge in [-0.1, -0.05) is 13.2 Å². The van der Waals surface area contributed by atoms with Gasteiger partial charge in [-0.3, -0.25) is 19.2 Å². The number of carbonyl (C=O) groups is 6. The van der Waals surface area contributed by atoms with Crippen LogP contribution in [0.3, 0.4) is 0 Å². The second-order valence-electron chi connectivity index (χ2n) is 5.49. The standard InChI is InChI=1S/C10H14O5.C9H12O5/c1-7(2)10(13)15-5-4-14-9(12)6-8(3)11;1-3-8(11)13-4-5-14-9(12)6-7(2)10/h1,4-6H2,2-3H3;3H,1,4-6H2,2H3. The Hall–Kier alpha value is -3.30. The monoisotopic (exact) mass is 414 g/mol. The van der Waals surface area contributed by atoms with E-state index in [-0.39, 0.29) is 56.4 Å². The summed E-state index contributed by atoms with van der Waals surface area (Å²) in [6.07, 6.45) is 0.501. The molecule has 0 heterocycles. The molecule has 0 aliphatic heterocycles. The van der Waals surface area contributed by atoms with E-state index in [0.29, 0.717) is 0 Å². The van der Waals surface area contributed by atoms with Crippen molar-refractivity contribution in [2.75, 3.05) is 26.4 Å². The molecule has 29 heavy (non-hydrogen) atoms. The molecule has 0 saturated heterocycles. The molecule has 0 saturated carbocycles. The lowest BCUT2D eigenvalue weighted by molar-refractivity contribution is -0.151. The minimum Gasteiger partial charge on any atom is -0.462 e. The first kappa shape index (κ1) is 27.9. The van der Waals surface area contributed by atoms with E-state index < -0.39 is 23.9 Å². The summed E-state index contributed by atoms with van der Waals surface area (Å²) in [6, 6.07) is 0. The SMILES string of the molecule is C=C(C)C(=O)OCCOC(=O)CC(C)=O.C=CC(=O)OCCOC(=O)CC(C)=O. The van der Waals surface area contributed by atoms with E-state index in [1.807, 2.05) is 0 Å². The average molecular weight is 414 g/mol. The van der Waals surface area contributed by atoms with Crippen LogP contribution in [0, 0.1) is 0 Å². The minimum absolute atomic E-state index is 0.0324. The van der Waals surface area contributed by atoms with E-state index in [0.717, 1.165) is 6.08 Å². The highest BCUT2D eigenvalue weighted by atomic mass is 16.6.